The fourth-order valence-electron chi connectivity index (χ4n) is 1.13. The molecule has 0 unspecified atom stereocenters. The maximum atomic E-state index is 11.0. The molecule has 0 spiro atoms. The number of anilines is 1. The highest BCUT2D eigenvalue weighted by Gasteiger charge is 2.15. The van der Waals surface area contributed by atoms with Crippen LogP contribution in [0.2, 0.25) is 0 Å². The van der Waals surface area contributed by atoms with Gasteiger partial charge in [0.1, 0.15) is 4.90 Å². The lowest BCUT2D eigenvalue weighted by atomic mass is 10.2. The molecule has 0 aliphatic heterocycles. The second-order valence-electron chi connectivity index (χ2n) is 3.00. The van der Waals surface area contributed by atoms with Crippen LogP contribution in [0.5, 0.6) is 0 Å². The van der Waals surface area contributed by atoms with Gasteiger partial charge in [-0.15, -0.1) is 0 Å². The molecular weight excluding hydrogens is 236 g/mol. The third kappa shape index (κ3) is 3.11. The quantitative estimate of drug-likeness (QED) is 0.447. The number of amides is 1. The summed E-state index contributed by atoms with van der Waals surface area (Å²) in [5.41, 5.74) is 5.65. The van der Waals surface area contributed by atoms with Gasteiger partial charge in [-0.25, -0.2) is 4.79 Å². The summed E-state index contributed by atoms with van der Waals surface area (Å²) in [6.07, 6.45) is -1.29. The van der Waals surface area contributed by atoms with Gasteiger partial charge in [-0.3, -0.25) is 4.55 Å². The van der Waals surface area contributed by atoms with Crippen molar-refractivity contribution in [1.82, 2.24) is 5.32 Å². The molecule has 5 N–H and O–H groups in total. The zero-order valence-corrected chi connectivity index (χ0v) is 8.86. The van der Waals surface area contributed by atoms with E-state index in [0.29, 0.717) is 0 Å². The molecule has 0 atom stereocenters. The van der Waals surface area contributed by atoms with E-state index in [4.69, 9.17) is 15.4 Å². The Bertz CT molecular complexity index is 511. The van der Waals surface area contributed by atoms with Gasteiger partial charge in [0.05, 0.1) is 0 Å². The van der Waals surface area contributed by atoms with Gasteiger partial charge in [0.25, 0.3) is 10.1 Å². The summed E-state index contributed by atoms with van der Waals surface area (Å²) in [5, 5.41) is 10.4. The average molecular weight is 246 g/mol. The summed E-state index contributed by atoms with van der Waals surface area (Å²) in [4.78, 5) is 9.85. The van der Waals surface area contributed by atoms with Crippen molar-refractivity contribution < 1.29 is 22.9 Å². The number of carboxylic acid groups (broad SMARTS) is 1. The molecule has 8 heteroatoms. The molecule has 0 fully saturated rings. The number of nitrogen functional groups attached to an aromatic ring is 1. The van der Waals surface area contributed by atoms with Crippen LogP contribution >= 0.6 is 0 Å². The second kappa shape index (κ2) is 4.37. The highest BCUT2D eigenvalue weighted by Crippen LogP contribution is 2.18. The highest BCUT2D eigenvalue weighted by molar-refractivity contribution is 7.85. The molecule has 1 aromatic rings. The van der Waals surface area contributed by atoms with E-state index in [9.17, 15) is 13.2 Å². The summed E-state index contributed by atoms with van der Waals surface area (Å²) < 4.78 is 30.9. The molecule has 1 aromatic carbocycles. The van der Waals surface area contributed by atoms with Gasteiger partial charge in [0.15, 0.2) is 0 Å². The zero-order chi connectivity index (χ0) is 12.3. The first-order valence-electron chi connectivity index (χ1n) is 4.13. The molecule has 1 rings (SSSR count). The van der Waals surface area contributed by atoms with E-state index in [1.807, 2.05) is 5.32 Å². The number of hydrogen-bond acceptors (Lipinski definition) is 4. The highest BCUT2D eigenvalue weighted by atomic mass is 32.2. The number of nitrogens with two attached hydrogens (primary N) is 1. The number of rotatable bonds is 3. The van der Waals surface area contributed by atoms with Crippen molar-refractivity contribution >= 4 is 21.9 Å². The van der Waals surface area contributed by atoms with Crippen LogP contribution in [0.3, 0.4) is 0 Å². The topological polar surface area (TPSA) is 130 Å². The summed E-state index contributed by atoms with van der Waals surface area (Å²) >= 11 is 0. The van der Waals surface area contributed by atoms with Crippen LogP contribution < -0.4 is 11.1 Å². The minimum absolute atomic E-state index is 0.124. The van der Waals surface area contributed by atoms with Crippen LogP contribution in [-0.2, 0) is 16.7 Å². The predicted molar refractivity (Wildman–Crippen MR) is 55.5 cm³/mol. The molecule has 0 bridgehead atoms. The Morgan fingerprint density at radius 1 is 1.44 bits per heavy atom. The Balaban J connectivity index is 3.13. The average Bonchev–Trinajstić information content (AvgIpc) is 2.14. The van der Waals surface area contributed by atoms with E-state index < -0.39 is 21.1 Å². The minimum Gasteiger partial charge on any atom is -0.465 e. The first-order chi connectivity index (χ1) is 7.30. The standard InChI is InChI=1S/C8H10N2O5S/c9-6-2-1-5(4-10-8(11)12)7(3-6)16(13,14)15/h1-3,10H,4,9H2,(H,11,12)(H,13,14,15). The molecular formula is C8H10N2O5S. The van der Waals surface area contributed by atoms with E-state index in [1.54, 1.807) is 0 Å². The Labute approximate surface area is 91.6 Å². The Morgan fingerprint density at radius 2 is 2.06 bits per heavy atom. The normalized spacial score (nSPS) is 11.1. The Morgan fingerprint density at radius 3 is 2.56 bits per heavy atom. The summed E-state index contributed by atoms with van der Waals surface area (Å²) in [6.45, 7) is -0.231. The van der Waals surface area contributed by atoms with Crippen LogP contribution in [0, 0.1) is 0 Å². The first kappa shape index (κ1) is 12.3. The van der Waals surface area contributed by atoms with E-state index >= 15 is 0 Å². The number of carbonyl (C=O) groups is 1. The van der Waals surface area contributed by atoms with Gasteiger partial charge >= 0.3 is 6.09 Å². The molecule has 0 aliphatic rings. The predicted octanol–water partition coefficient (Wildman–Crippen LogP) is 0.283. The lowest BCUT2D eigenvalue weighted by Gasteiger charge is -2.07. The fourth-order valence-corrected chi connectivity index (χ4v) is 1.88. The molecule has 1 amide bonds. The van der Waals surface area contributed by atoms with Crippen LogP contribution in [0.15, 0.2) is 23.1 Å². The van der Waals surface area contributed by atoms with Crippen molar-refractivity contribution in [2.75, 3.05) is 5.73 Å². The second-order valence-corrected chi connectivity index (χ2v) is 4.39. The summed E-state index contributed by atoms with van der Waals surface area (Å²) in [6, 6.07) is 3.80. The zero-order valence-electron chi connectivity index (χ0n) is 8.04. The van der Waals surface area contributed by atoms with Gasteiger partial charge in [-0.1, -0.05) is 6.07 Å². The molecule has 0 saturated heterocycles. The van der Waals surface area contributed by atoms with Gasteiger partial charge in [0.2, 0.25) is 0 Å². The van der Waals surface area contributed by atoms with E-state index in [2.05, 4.69) is 0 Å². The third-order valence-corrected chi connectivity index (χ3v) is 2.74. The van der Waals surface area contributed by atoms with Crippen LogP contribution in [0.1, 0.15) is 5.56 Å². The van der Waals surface area contributed by atoms with Crippen molar-refractivity contribution in [3.8, 4) is 0 Å². The van der Waals surface area contributed by atoms with Gasteiger partial charge < -0.3 is 16.2 Å². The number of benzene rings is 1. The maximum Gasteiger partial charge on any atom is 0.404 e. The van der Waals surface area contributed by atoms with E-state index in [0.717, 1.165) is 6.07 Å². The van der Waals surface area contributed by atoms with Gasteiger partial charge in [-0.05, 0) is 17.7 Å². The van der Waals surface area contributed by atoms with Crippen LogP contribution in [-0.4, -0.2) is 24.2 Å². The molecule has 16 heavy (non-hydrogen) atoms. The van der Waals surface area contributed by atoms with Crippen molar-refractivity contribution in [3.63, 3.8) is 0 Å². The summed E-state index contributed by atoms with van der Waals surface area (Å²) in [5.74, 6) is 0. The minimum atomic E-state index is -4.42. The smallest absolute Gasteiger partial charge is 0.404 e. The lowest BCUT2D eigenvalue weighted by molar-refractivity contribution is 0.194. The molecule has 0 radical (unpaired) electrons. The molecule has 7 nitrogen and oxygen atoms in total. The number of nitrogens with one attached hydrogen (secondary N) is 1. The number of hydrogen-bond donors (Lipinski definition) is 4. The summed E-state index contributed by atoms with van der Waals surface area (Å²) in [7, 11) is -4.42. The monoisotopic (exact) mass is 246 g/mol. The van der Waals surface area contributed by atoms with Crippen LogP contribution in [0.25, 0.3) is 0 Å². The molecule has 88 valence electrons. The first-order valence-corrected chi connectivity index (χ1v) is 5.57. The largest absolute Gasteiger partial charge is 0.465 e. The van der Waals surface area contributed by atoms with Crippen molar-refractivity contribution in [2.24, 2.45) is 0 Å². The SMILES string of the molecule is Nc1ccc(CNC(=O)O)c(S(=O)(=O)O)c1. The van der Waals surface area contributed by atoms with Gasteiger partial charge in [0, 0.05) is 12.2 Å². The molecule has 0 aromatic heterocycles. The molecule has 0 heterocycles. The molecule has 0 saturated carbocycles. The van der Waals surface area contributed by atoms with Crippen molar-refractivity contribution in [3.05, 3.63) is 23.8 Å². The molecule has 0 aliphatic carbocycles. The van der Waals surface area contributed by atoms with E-state index in [-0.39, 0.29) is 17.8 Å². The van der Waals surface area contributed by atoms with Crippen molar-refractivity contribution in [1.29, 1.82) is 0 Å². The Kier molecular flexibility index (Phi) is 3.35. The maximum absolute atomic E-state index is 11.0. The van der Waals surface area contributed by atoms with E-state index in [1.165, 1.54) is 12.1 Å². The van der Waals surface area contributed by atoms with Crippen molar-refractivity contribution in [2.45, 2.75) is 11.4 Å². The Hall–Kier alpha value is -1.80. The lowest BCUT2D eigenvalue weighted by Crippen LogP contribution is -2.21. The third-order valence-electron chi connectivity index (χ3n) is 1.80. The fraction of sp³-hybridized carbons (Fsp3) is 0.125. The van der Waals surface area contributed by atoms with Gasteiger partial charge in [-0.2, -0.15) is 8.42 Å². The van der Waals surface area contributed by atoms with Crippen LogP contribution in [0.4, 0.5) is 10.5 Å².